The molecule has 5 nitrogen and oxygen atoms in total. The van der Waals surface area contributed by atoms with Gasteiger partial charge < -0.3 is 4.74 Å². The third-order valence-electron chi connectivity index (χ3n) is 2.79. The summed E-state index contributed by atoms with van der Waals surface area (Å²) in [4.78, 5) is 20.5. The van der Waals surface area contributed by atoms with Crippen LogP contribution in [-0.2, 0) is 4.74 Å². The van der Waals surface area contributed by atoms with Crippen LogP contribution in [0.5, 0.6) is 0 Å². The van der Waals surface area contributed by atoms with E-state index in [0.717, 1.165) is 11.0 Å². The number of fused-ring (bicyclic) bond motifs is 3. The van der Waals surface area contributed by atoms with Crippen LogP contribution in [0.2, 0.25) is 5.02 Å². The van der Waals surface area contributed by atoms with Crippen molar-refractivity contribution in [3.63, 3.8) is 0 Å². The van der Waals surface area contributed by atoms with E-state index in [1.807, 2.05) is 24.3 Å². The highest BCUT2D eigenvalue weighted by atomic mass is 35.5. The number of imidazole rings is 1. The maximum Gasteiger partial charge on any atom is 0.358 e. The Bertz CT molecular complexity index is 811. The number of carbonyl (C=O) groups is 1. The molecule has 3 aromatic rings. The summed E-state index contributed by atoms with van der Waals surface area (Å²) in [5.41, 5.74) is 1.77. The minimum atomic E-state index is -0.542. The number of para-hydroxylation sites is 2. The Morgan fingerprint density at radius 3 is 2.80 bits per heavy atom. The number of carbonyl (C=O) groups excluding carboxylic acids is 1. The normalized spacial score (nSPS) is 11.4. The van der Waals surface area contributed by atoms with Crippen molar-refractivity contribution in [2.24, 2.45) is 0 Å². The van der Waals surface area contributed by atoms with Gasteiger partial charge in [0.25, 0.3) is 0 Å². The zero-order valence-corrected chi connectivity index (χ0v) is 11.8. The van der Waals surface area contributed by atoms with Crippen molar-refractivity contribution >= 4 is 34.4 Å². The van der Waals surface area contributed by atoms with Crippen LogP contribution in [0.4, 0.5) is 0 Å². The van der Waals surface area contributed by atoms with Gasteiger partial charge in [-0.1, -0.05) is 23.7 Å². The van der Waals surface area contributed by atoms with Crippen molar-refractivity contribution in [1.29, 1.82) is 0 Å². The molecule has 0 spiro atoms. The molecule has 3 rings (SSSR count). The Kier molecular flexibility index (Phi) is 3.06. The molecular weight excluding hydrogens is 278 g/mol. The smallest absolute Gasteiger partial charge is 0.358 e. The summed E-state index contributed by atoms with van der Waals surface area (Å²) < 4.78 is 6.87. The molecule has 0 atom stereocenters. The van der Waals surface area contributed by atoms with Crippen LogP contribution in [0.25, 0.3) is 16.8 Å². The Labute approximate surface area is 120 Å². The molecule has 0 unspecified atom stereocenters. The number of rotatable bonds is 2. The Morgan fingerprint density at radius 2 is 2.05 bits per heavy atom. The van der Waals surface area contributed by atoms with E-state index in [2.05, 4.69) is 9.97 Å². The van der Waals surface area contributed by atoms with Gasteiger partial charge in [-0.3, -0.25) is 4.40 Å². The highest BCUT2D eigenvalue weighted by Crippen LogP contribution is 2.21. The van der Waals surface area contributed by atoms with E-state index in [1.165, 1.54) is 0 Å². The lowest BCUT2D eigenvalue weighted by Gasteiger charge is -2.08. The van der Waals surface area contributed by atoms with Gasteiger partial charge in [0.1, 0.15) is 0 Å². The van der Waals surface area contributed by atoms with Crippen molar-refractivity contribution < 1.29 is 9.53 Å². The van der Waals surface area contributed by atoms with Gasteiger partial charge in [-0.25, -0.2) is 14.8 Å². The van der Waals surface area contributed by atoms with Crippen LogP contribution in [-0.4, -0.2) is 26.4 Å². The van der Waals surface area contributed by atoms with Gasteiger partial charge in [-0.15, -0.1) is 0 Å². The summed E-state index contributed by atoms with van der Waals surface area (Å²) in [6, 6.07) is 7.60. The fourth-order valence-corrected chi connectivity index (χ4v) is 2.20. The predicted molar refractivity (Wildman–Crippen MR) is 76.1 cm³/mol. The predicted octanol–water partition coefficient (Wildman–Crippen LogP) is 3.10. The van der Waals surface area contributed by atoms with E-state index in [9.17, 15) is 4.79 Å². The third kappa shape index (κ3) is 2.10. The number of aromatic nitrogens is 3. The minimum Gasteiger partial charge on any atom is -0.458 e. The van der Waals surface area contributed by atoms with Gasteiger partial charge in [-0.2, -0.15) is 0 Å². The molecule has 0 N–H and O–H groups in total. The quantitative estimate of drug-likeness (QED) is 0.680. The molecule has 20 heavy (non-hydrogen) atoms. The van der Waals surface area contributed by atoms with Crippen molar-refractivity contribution in [3.05, 3.63) is 41.2 Å². The fraction of sp³-hybridized carbons (Fsp3) is 0.214. The van der Waals surface area contributed by atoms with E-state index in [1.54, 1.807) is 24.4 Å². The second-order valence-electron chi connectivity index (χ2n) is 4.66. The molecule has 0 fully saturated rings. The Hall–Kier alpha value is -2.14. The number of halogens is 1. The molecule has 0 saturated carbocycles. The summed E-state index contributed by atoms with van der Waals surface area (Å²) in [6.07, 6.45) is 1.41. The van der Waals surface area contributed by atoms with Gasteiger partial charge in [0, 0.05) is 6.20 Å². The van der Waals surface area contributed by atoms with Crippen molar-refractivity contribution in [2.75, 3.05) is 0 Å². The number of ether oxygens (including phenoxy) is 1. The summed E-state index contributed by atoms with van der Waals surface area (Å²) in [5.74, 6) is -0.120. The number of hydrogen-bond acceptors (Lipinski definition) is 4. The van der Waals surface area contributed by atoms with E-state index in [4.69, 9.17) is 16.3 Å². The molecule has 0 radical (unpaired) electrons. The van der Waals surface area contributed by atoms with Gasteiger partial charge in [0.15, 0.2) is 5.69 Å². The van der Waals surface area contributed by atoms with Crippen LogP contribution >= 0.6 is 11.6 Å². The van der Waals surface area contributed by atoms with Gasteiger partial charge in [0.2, 0.25) is 5.78 Å². The SMILES string of the molecule is CC(C)OC(=O)c1nc2nc3ccccc3n2cc1Cl. The molecule has 2 heterocycles. The second-order valence-corrected chi connectivity index (χ2v) is 5.07. The molecular formula is C14H12ClN3O2. The topological polar surface area (TPSA) is 56.5 Å². The first-order valence-electron chi connectivity index (χ1n) is 6.20. The highest BCUT2D eigenvalue weighted by Gasteiger charge is 2.18. The summed E-state index contributed by atoms with van der Waals surface area (Å²) in [7, 11) is 0. The van der Waals surface area contributed by atoms with E-state index in [0.29, 0.717) is 5.78 Å². The Balaban J connectivity index is 2.19. The van der Waals surface area contributed by atoms with E-state index < -0.39 is 5.97 Å². The molecule has 102 valence electrons. The lowest BCUT2D eigenvalue weighted by Crippen LogP contribution is -2.14. The average Bonchev–Trinajstić information content (AvgIpc) is 2.74. The van der Waals surface area contributed by atoms with Crippen molar-refractivity contribution in [3.8, 4) is 0 Å². The largest absolute Gasteiger partial charge is 0.458 e. The second kappa shape index (κ2) is 4.76. The van der Waals surface area contributed by atoms with Crippen LogP contribution in [0.3, 0.4) is 0 Å². The monoisotopic (exact) mass is 289 g/mol. The van der Waals surface area contributed by atoms with Gasteiger partial charge in [-0.05, 0) is 26.0 Å². The number of benzene rings is 1. The van der Waals surface area contributed by atoms with E-state index in [-0.39, 0.29) is 16.8 Å². The number of nitrogens with zero attached hydrogens (tertiary/aromatic N) is 3. The number of esters is 1. The first kappa shape index (κ1) is 12.9. The molecule has 6 heteroatoms. The lowest BCUT2D eigenvalue weighted by atomic mass is 10.3. The molecule has 1 aromatic carbocycles. The molecule has 2 aromatic heterocycles. The van der Waals surface area contributed by atoms with Crippen LogP contribution in [0.1, 0.15) is 24.3 Å². The molecule has 0 amide bonds. The molecule has 0 bridgehead atoms. The standard InChI is InChI=1S/C14H12ClN3O2/c1-8(2)20-13(19)12-9(15)7-18-11-6-4-3-5-10(11)16-14(18)17-12/h3-8H,1-2H3. The molecule has 0 aliphatic rings. The summed E-state index contributed by atoms with van der Waals surface area (Å²) in [5, 5.41) is 0.242. The first-order valence-corrected chi connectivity index (χ1v) is 6.58. The summed E-state index contributed by atoms with van der Waals surface area (Å²) >= 11 is 6.13. The zero-order chi connectivity index (χ0) is 14.3. The van der Waals surface area contributed by atoms with Crippen molar-refractivity contribution in [2.45, 2.75) is 20.0 Å². The van der Waals surface area contributed by atoms with Crippen LogP contribution < -0.4 is 0 Å². The zero-order valence-electron chi connectivity index (χ0n) is 11.0. The average molecular weight is 290 g/mol. The maximum absolute atomic E-state index is 11.9. The Morgan fingerprint density at radius 1 is 1.30 bits per heavy atom. The molecule has 0 saturated heterocycles. The van der Waals surface area contributed by atoms with Gasteiger partial charge >= 0.3 is 5.97 Å². The minimum absolute atomic E-state index is 0.0863. The molecule has 0 aliphatic heterocycles. The van der Waals surface area contributed by atoms with Crippen molar-refractivity contribution in [1.82, 2.24) is 14.4 Å². The fourth-order valence-electron chi connectivity index (χ4n) is 1.98. The lowest BCUT2D eigenvalue weighted by molar-refractivity contribution is 0.0371. The first-order chi connectivity index (χ1) is 9.56. The number of hydrogen-bond donors (Lipinski definition) is 0. The van der Waals surface area contributed by atoms with Crippen LogP contribution in [0, 0.1) is 0 Å². The van der Waals surface area contributed by atoms with Crippen LogP contribution in [0.15, 0.2) is 30.5 Å². The molecule has 0 aliphatic carbocycles. The highest BCUT2D eigenvalue weighted by molar-refractivity contribution is 6.33. The third-order valence-corrected chi connectivity index (χ3v) is 3.07. The maximum atomic E-state index is 11.9. The van der Waals surface area contributed by atoms with E-state index >= 15 is 0 Å². The summed E-state index contributed by atoms with van der Waals surface area (Å²) in [6.45, 7) is 3.54. The van der Waals surface area contributed by atoms with Gasteiger partial charge in [0.05, 0.1) is 22.2 Å².